The summed E-state index contributed by atoms with van der Waals surface area (Å²) in [5.74, 6) is -1.10. The second kappa shape index (κ2) is 9.54. The Kier molecular flexibility index (Phi) is 6.29. The fraction of sp³-hybridized carbons (Fsp3) is 0.357. The highest BCUT2D eigenvalue weighted by molar-refractivity contribution is 6.09. The number of halogens is 4. The van der Waals surface area contributed by atoms with Crippen molar-refractivity contribution < 1.29 is 42.2 Å². The third kappa shape index (κ3) is 4.74. The van der Waals surface area contributed by atoms with Crippen molar-refractivity contribution in [3.05, 3.63) is 51.8 Å². The number of β-amino-alcohol motifs (C(OH)–C–C–N with tert-alkyl or cyclic N) is 1. The molecule has 0 amide bonds. The number of phenolic OH excluding ortho intramolecular Hbond substituents is 1. The predicted molar refractivity (Wildman–Crippen MR) is 143 cm³/mol. The predicted octanol–water partition coefficient (Wildman–Crippen LogP) is 5.95. The van der Waals surface area contributed by atoms with E-state index in [0.29, 0.717) is 24.8 Å². The molecule has 0 radical (unpaired) electrons. The van der Waals surface area contributed by atoms with Crippen molar-refractivity contribution in [2.24, 2.45) is 0 Å². The van der Waals surface area contributed by atoms with Crippen LogP contribution in [0.5, 0.6) is 17.5 Å². The number of hydrogen-bond acceptors (Lipinski definition) is 9. The maximum absolute atomic E-state index is 15.3. The molecule has 14 heteroatoms. The molecule has 0 bridgehead atoms. The number of nitro benzene ring substituents is 1. The number of benzene rings is 3. The molecular formula is C28H24F4N4O6. The van der Waals surface area contributed by atoms with Crippen LogP contribution in [0.25, 0.3) is 32.8 Å². The average molecular weight is 589 g/mol. The number of phenols is 1. The van der Waals surface area contributed by atoms with Crippen LogP contribution in [0.1, 0.15) is 38.4 Å². The number of aromatic nitrogens is 2. The molecule has 1 aromatic heterocycles. The van der Waals surface area contributed by atoms with Crippen LogP contribution in [0.3, 0.4) is 0 Å². The van der Waals surface area contributed by atoms with Crippen LogP contribution in [0, 0.1) is 15.9 Å². The van der Waals surface area contributed by atoms with Crippen molar-refractivity contribution in [1.29, 1.82) is 0 Å². The van der Waals surface area contributed by atoms with E-state index < -0.39 is 46.9 Å². The van der Waals surface area contributed by atoms with Crippen LogP contribution in [0.4, 0.5) is 29.1 Å². The minimum absolute atomic E-state index is 0.00769. The zero-order valence-corrected chi connectivity index (χ0v) is 22.3. The first-order chi connectivity index (χ1) is 19.7. The Morgan fingerprint density at radius 3 is 2.71 bits per heavy atom. The molecule has 0 saturated carbocycles. The summed E-state index contributed by atoms with van der Waals surface area (Å²) in [6, 6.07) is 5.76. The van der Waals surface area contributed by atoms with Gasteiger partial charge in [-0.05, 0) is 55.7 Å². The number of ether oxygens (including phenoxy) is 2. The van der Waals surface area contributed by atoms with E-state index >= 15 is 4.39 Å². The van der Waals surface area contributed by atoms with E-state index in [2.05, 4.69) is 9.97 Å². The Hall–Kier alpha value is -4.46. The van der Waals surface area contributed by atoms with E-state index in [1.807, 2.05) is 0 Å². The monoisotopic (exact) mass is 588 g/mol. The Morgan fingerprint density at radius 1 is 1.26 bits per heavy atom. The lowest BCUT2D eigenvalue weighted by Gasteiger charge is -2.38. The lowest BCUT2D eigenvalue weighted by molar-refractivity contribution is -0.384. The largest absolute Gasteiger partial charge is 0.508 e. The van der Waals surface area contributed by atoms with Crippen molar-refractivity contribution in [2.45, 2.75) is 44.6 Å². The number of alkyl halides is 3. The van der Waals surface area contributed by atoms with Crippen molar-refractivity contribution in [1.82, 2.24) is 9.97 Å². The fourth-order valence-corrected chi connectivity index (χ4v) is 5.84. The van der Waals surface area contributed by atoms with Gasteiger partial charge in [-0.1, -0.05) is 6.07 Å². The molecule has 2 atom stereocenters. The van der Waals surface area contributed by atoms with Gasteiger partial charge in [-0.15, -0.1) is 0 Å². The Labute approximate surface area is 235 Å². The Morgan fingerprint density at radius 2 is 2.02 bits per heavy atom. The molecule has 3 aromatic carbocycles. The summed E-state index contributed by atoms with van der Waals surface area (Å²) in [4.78, 5) is 21.9. The van der Waals surface area contributed by atoms with Gasteiger partial charge in [0.2, 0.25) is 0 Å². The lowest BCUT2D eigenvalue weighted by Crippen LogP contribution is -2.46. The highest BCUT2D eigenvalue weighted by Crippen LogP contribution is 2.53. The van der Waals surface area contributed by atoms with Gasteiger partial charge in [0.1, 0.15) is 34.6 Å². The van der Waals surface area contributed by atoms with Gasteiger partial charge in [-0.25, -0.2) is 4.39 Å². The Bertz CT molecular complexity index is 1780. The maximum Gasteiger partial charge on any atom is 0.422 e. The highest BCUT2D eigenvalue weighted by atomic mass is 19.4. The summed E-state index contributed by atoms with van der Waals surface area (Å²) in [6.45, 7) is 1.80. The number of piperidine rings is 1. The molecule has 6 rings (SSSR count). The third-order valence-electron chi connectivity index (χ3n) is 7.48. The molecule has 2 aliphatic heterocycles. The quantitative estimate of drug-likeness (QED) is 0.169. The second-order valence-corrected chi connectivity index (χ2v) is 10.8. The molecule has 4 aromatic rings. The summed E-state index contributed by atoms with van der Waals surface area (Å²) in [6.07, 6.45) is -4.78. The summed E-state index contributed by atoms with van der Waals surface area (Å²) in [7, 11) is 0. The summed E-state index contributed by atoms with van der Waals surface area (Å²) in [5.41, 5.74) is -1.73. The molecule has 220 valence electrons. The van der Waals surface area contributed by atoms with Crippen molar-refractivity contribution in [2.75, 3.05) is 24.6 Å². The normalized spacial score (nSPS) is 20.3. The van der Waals surface area contributed by atoms with Crippen LogP contribution in [-0.2, 0) is 0 Å². The molecule has 0 spiro atoms. The van der Waals surface area contributed by atoms with E-state index in [1.165, 1.54) is 37.3 Å². The second-order valence-electron chi connectivity index (χ2n) is 10.8. The molecule has 10 nitrogen and oxygen atoms in total. The highest BCUT2D eigenvalue weighted by Gasteiger charge is 2.37. The zero-order chi connectivity index (χ0) is 30.1. The van der Waals surface area contributed by atoms with Crippen molar-refractivity contribution >= 4 is 33.2 Å². The number of aliphatic hydroxyl groups is 1. The van der Waals surface area contributed by atoms with E-state index in [4.69, 9.17) is 9.47 Å². The Balaban J connectivity index is 1.71. The number of anilines is 1. The first-order valence-electron chi connectivity index (χ1n) is 13.0. The van der Waals surface area contributed by atoms with Crippen LogP contribution in [-0.4, -0.2) is 56.6 Å². The van der Waals surface area contributed by atoms with Gasteiger partial charge in [0.15, 0.2) is 12.4 Å². The van der Waals surface area contributed by atoms with Gasteiger partial charge < -0.3 is 24.6 Å². The minimum atomic E-state index is -4.71. The molecule has 1 saturated heterocycles. The minimum Gasteiger partial charge on any atom is -0.508 e. The standard InChI is InChI=1S/C28H24F4N4O6/c1-13-20-18(29)5-4-14-8-15(37)9-16(21(14)20)22-19(36(39)40)10-17-23(24(22)42-13)33-26(41-12-28(30,31)32)34-25(17)35-7-3-6-27(2,38)11-35/h4-5,8-10,13,37-38H,3,6-7,11-12H2,1-2H3. The van der Waals surface area contributed by atoms with Gasteiger partial charge in [-0.2, -0.15) is 23.1 Å². The SMILES string of the molecule is CC1Oc2c(c([N+](=O)[O-])cc3c(N4CCCC(C)(O)C4)nc(OCC(F)(F)F)nc23)-c2cc(O)cc3ccc(F)c1c23. The van der Waals surface area contributed by atoms with Gasteiger partial charge in [0.25, 0.3) is 5.69 Å². The first-order valence-corrected chi connectivity index (χ1v) is 13.0. The van der Waals surface area contributed by atoms with Gasteiger partial charge >= 0.3 is 12.2 Å². The molecule has 0 aliphatic carbocycles. The van der Waals surface area contributed by atoms with Crippen LogP contribution >= 0.6 is 0 Å². The van der Waals surface area contributed by atoms with Gasteiger partial charge in [0.05, 0.1) is 15.9 Å². The van der Waals surface area contributed by atoms with E-state index in [9.17, 15) is 33.5 Å². The van der Waals surface area contributed by atoms with Crippen LogP contribution in [0.15, 0.2) is 30.3 Å². The molecular weight excluding hydrogens is 564 g/mol. The van der Waals surface area contributed by atoms with E-state index in [1.54, 1.807) is 11.8 Å². The van der Waals surface area contributed by atoms with Gasteiger partial charge in [-0.3, -0.25) is 10.1 Å². The molecule has 2 unspecified atom stereocenters. The van der Waals surface area contributed by atoms with Crippen LogP contribution in [0.2, 0.25) is 0 Å². The van der Waals surface area contributed by atoms with Crippen molar-refractivity contribution in [3.63, 3.8) is 0 Å². The fourth-order valence-electron chi connectivity index (χ4n) is 5.84. The smallest absolute Gasteiger partial charge is 0.422 e. The first kappa shape index (κ1) is 27.7. The molecule has 42 heavy (non-hydrogen) atoms. The number of rotatable bonds is 4. The van der Waals surface area contributed by atoms with Crippen LogP contribution < -0.4 is 14.4 Å². The topological polar surface area (TPSA) is 131 Å². The molecule has 2 N–H and O–H groups in total. The molecule has 1 fully saturated rings. The average Bonchev–Trinajstić information content (AvgIpc) is 3.02. The number of nitro groups is 1. The molecule has 2 aliphatic rings. The van der Waals surface area contributed by atoms with Gasteiger partial charge in [0, 0.05) is 30.3 Å². The maximum atomic E-state index is 15.3. The number of aromatic hydroxyl groups is 1. The van der Waals surface area contributed by atoms with E-state index in [-0.39, 0.29) is 56.8 Å². The lowest BCUT2D eigenvalue weighted by atomic mass is 9.91. The molecule has 3 heterocycles. The summed E-state index contributed by atoms with van der Waals surface area (Å²) < 4.78 is 65.7. The third-order valence-corrected chi connectivity index (χ3v) is 7.48. The number of nitrogens with zero attached hydrogens (tertiary/aromatic N) is 4. The van der Waals surface area contributed by atoms with Crippen molar-refractivity contribution in [3.8, 4) is 28.6 Å². The summed E-state index contributed by atoms with van der Waals surface area (Å²) >= 11 is 0. The number of fused-ring (bicyclic) bond motifs is 4. The zero-order valence-electron chi connectivity index (χ0n) is 22.3. The van der Waals surface area contributed by atoms with E-state index in [0.717, 1.165) is 0 Å². The summed E-state index contributed by atoms with van der Waals surface area (Å²) in [5, 5.41) is 34.5. The number of hydrogen-bond donors (Lipinski definition) is 2.